The number of nitrogens with zero attached hydrogens (tertiary/aromatic N) is 1. The Balaban J connectivity index is 2.00. The van der Waals surface area contributed by atoms with Gasteiger partial charge in [0.05, 0.1) is 11.2 Å². The first-order valence-electron chi connectivity index (χ1n) is 9.02. The van der Waals surface area contributed by atoms with Gasteiger partial charge in [0, 0.05) is 31.7 Å². The number of nitrogens with one attached hydrogen (secondary N) is 2. The van der Waals surface area contributed by atoms with Crippen molar-refractivity contribution in [3.63, 3.8) is 0 Å². The molecule has 2 amide bonds. The molecular formula is C19H25N3O5S. The molecule has 28 heavy (non-hydrogen) atoms. The fourth-order valence-corrected chi connectivity index (χ4v) is 4.38. The van der Waals surface area contributed by atoms with Gasteiger partial charge in [-0.1, -0.05) is 19.9 Å². The number of anilines is 1. The van der Waals surface area contributed by atoms with Crippen LogP contribution in [0.3, 0.4) is 0 Å². The number of amides is 2. The normalized spacial score (nSPS) is 11.4. The lowest BCUT2D eigenvalue weighted by atomic mass is 10.2. The number of hydrogen-bond acceptors (Lipinski definition) is 5. The summed E-state index contributed by atoms with van der Waals surface area (Å²) in [7, 11) is -3.63. The summed E-state index contributed by atoms with van der Waals surface area (Å²) in [5, 5.41) is 5.25. The molecule has 1 heterocycles. The van der Waals surface area contributed by atoms with Crippen LogP contribution in [0, 0.1) is 6.92 Å². The van der Waals surface area contributed by atoms with Crippen molar-refractivity contribution in [2.45, 2.75) is 32.1 Å². The Morgan fingerprint density at radius 3 is 2.46 bits per heavy atom. The van der Waals surface area contributed by atoms with Crippen LogP contribution in [0.2, 0.25) is 0 Å². The van der Waals surface area contributed by atoms with E-state index in [0.717, 1.165) is 0 Å². The summed E-state index contributed by atoms with van der Waals surface area (Å²) in [6.07, 6.45) is 1.43. The Bertz CT molecular complexity index is 919. The second-order valence-electron chi connectivity index (χ2n) is 6.10. The summed E-state index contributed by atoms with van der Waals surface area (Å²) < 4.78 is 31.9. The molecular weight excluding hydrogens is 382 g/mol. The van der Waals surface area contributed by atoms with Crippen molar-refractivity contribution in [3.8, 4) is 0 Å². The molecule has 2 N–H and O–H groups in total. The van der Waals surface area contributed by atoms with E-state index in [0.29, 0.717) is 24.3 Å². The van der Waals surface area contributed by atoms with Crippen LogP contribution in [0.1, 0.15) is 36.4 Å². The number of sulfonamides is 1. The molecule has 1 aromatic carbocycles. The predicted octanol–water partition coefficient (Wildman–Crippen LogP) is 2.38. The number of hydrogen-bond donors (Lipinski definition) is 2. The van der Waals surface area contributed by atoms with Crippen LogP contribution >= 0.6 is 0 Å². The highest BCUT2D eigenvalue weighted by molar-refractivity contribution is 7.89. The van der Waals surface area contributed by atoms with Crippen LogP contribution in [0.15, 0.2) is 45.9 Å². The van der Waals surface area contributed by atoms with Gasteiger partial charge in [-0.05, 0) is 36.8 Å². The lowest BCUT2D eigenvalue weighted by Crippen LogP contribution is -2.31. The molecule has 0 saturated carbocycles. The topological polar surface area (TPSA) is 109 Å². The lowest BCUT2D eigenvalue weighted by Gasteiger charge is -2.20. The Morgan fingerprint density at radius 2 is 1.86 bits per heavy atom. The minimum absolute atomic E-state index is 0.0401. The number of carbonyl (C=O) groups excluding carboxylic acids is 2. The van der Waals surface area contributed by atoms with Crippen LogP contribution in [0.5, 0.6) is 0 Å². The van der Waals surface area contributed by atoms with Crippen LogP contribution in [0.25, 0.3) is 0 Å². The number of carbonyl (C=O) groups is 2. The molecule has 0 unspecified atom stereocenters. The fraction of sp³-hybridized carbons (Fsp3) is 0.368. The molecule has 1 aromatic heterocycles. The van der Waals surface area contributed by atoms with Crippen molar-refractivity contribution >= 4 is 27.5 Å². The summed E-state index contributed by atoms with van der Waals surface area (Å²) in [4.78, 5) is 24.0. The molecule has 0 saturated heterocycles. The first-order valence-corrected chi connectivity index (χ1v) is 10.5. The van der Waals surface area contributed by atoms with Gasteiger partial charge in [-0.2, -0.15) is 4.31 Å². The summed E-state index contributed by atoms with van der Waals surface area (Å²) in [5.74, 6) is -0.569. The highest BCUT2D eigenvalue weighted by Crippen LogP contribution is 2.23. The van der Waals surface area contributed by atoms with E-state index in [1.807, 2.05) is 0 Å². The molecule has 0 radical (unpaired) electrons. The highest BCUT2D eigenvalue weighted by Gasteiger charge is 2.24. The van der Waals surface area contributed by atoms with Crippen LogP contribution in [-0.4, -0.2) is 44.2 Å². The Kier molecular flexibility index (Phi) is 7.36. The minimum Gasteiger partial charge on any atom is -0.459 e. The van der Waals surface area contributed by atoms with E-state index in [1.165, 1.54) is 22.7 Å². The van der Waals surface area contributed by atoms with E-state index in [4.69, 9.17) is 4.42 Å². The van der Waals surface area contributed by atoms with E-state index >= 15 is 0 Å². The number of aryl methyl sites for hydroxylation is 1. The smallest absolute Gasteiger partial charge is 0.286 e. The quantitative estimate of drug-likeness (QED) is 0.663. The fourth-order valence-electron chi connectivity index (χ4n) is 2.67. The van der Waals surface area contributed by atoms with Crippen molar-refractivity contribution in [3.05, 3.63) is 47.9 Å². The van der Waals surface area contributed by atoms with E-state index in [1.54, 1.807) is 39.0 Å². The molecule has 9 heteroatoms. The van der Waals surface area contributed by atoms with Gasteiger partial charge in [0.25, 0.3) is 5.91 Å². The third-order valence-electron chi connectivity index (χ3n) is 4.18. The largest absolute Gasteiger partial charge is 0.459 e. The zero-order chi connectivity index (χ0) is 20.7. The third-order valence-corrected chi connectivity index (χ3v) is 6.37. The number of benzene rings is 1. The van der Waals surface area contributed by atoms with Crippen LogP contribution in [0.4, 0.5) is 5.69 Å². The lowest BCUT2D eigenvalue weighted by molar-refractivity contribution is -0.116. The highest BCUT2D eigenvalue weighted by atomic mass is 32.2. The van der Waals surface area contributed by atoms with E-state index in [-0.39, 0.29) is 29.5 Å². The zero-order valence-electron chi connectivity index (χ0n) is 16.2. The molecule has 0 aliphatic carbocycles. The second kappa shape index (κ2) is 9.52. The van der Waals surface area contributed by atoms with Gasteiger partial charge in [-0.15, -0.1) is 0 Å². The van der Waals surface area contributed by atoms with Crippen molar-refractivity contribution < 1.29 is 22.4 Å². The SMILES string of the molecule is CCN(CC)S(=O)(=O)c1cc(NC(=O)CCNC(=O)c2ccco2)ccc1C. The van der Waals surface area contributed by atoms with Gasteiger partial charge in [-0.25, -0.2) is 8.42 Å². The van der Waals surface area contributed by atoms with E-state index in [2.05, 4.69) is 10.6 Å². The standard InChI is InChI=1S/C19H25N3O5S/c1-4-22(5-2)28(25,26)17-13-15(9-8-14(17)3)21-18(23)10-11-20-19(24)16-7-6-12-27-16/h6-9,12-13H,4-5,10-11H2,1-3H3,(H,20,24)(H,21,23). The molecule has 0 aliphatic rings. The summed E-state index contributed by atoms with van der Waals surface area (Å²) >= 11 is 0. The summed E-state index contributed by atoms with van der Waals surface area (Å²) in [6.45, 7) is 6.13. The number of furan rings is 1. The molecule has 2 aromatic rings. The Hall–Kier alpha value is -2.65. The Labute approximate surface area is 165 Å². The summed E-state index contributed by atoms with van der Waals surface area (Å²) in [6, 6.07) is 7.89. The van der Waals surface area contributed by atoms with Gasteiger partial charge in [0.2, 0.25) is 15.9 Å². The molecule has 0 fully saturated rings. The zero-order valence-corrected chi connectivity index (χ0v) is 17.0. The average Bonchev–Trinajstić information content (AvgIpc) is 3.18. The van der Waals surface area contributed by atoms with Gasteiger partial charge in [0.15, 0.2) is 5.76 Å². The third kappa shape index (κ3) is 5.20. The maximum absolute atomic E-state index is 12.8. The first kappa shape index (κ1) is 21.6. The predicted molar refractivity (Wildman–Crippen MR) is 106 cm³/mol. The van der Waals surface area contributed by atoms with Gasteiger partial charge >= 0.3 is 0 Å². The Morgan fingerprint density at radius 1 is 1.14 bits per heavy atom. The summed E-state index contributed by atoms with van der Waals surface area (Å²) in [5.41, 5.74) is 0.995. The van der Waals surface area contributed by atoms with Crippen molar-refractivity contribution in [2.24, 2.45) is 0 Å². The van der Waals surface area contributed by atoms with Crippen LogP contribution < -0.4 is 10.6 Å². The van der Waals surface area contributed by atoms with Gasteiger partial charge < -0.3 is 15.1 Å². The maximum atomic E-state index is 12.8. The molecule has 0 spiro atoms. The molecule has 0 bridgehead atoms. The van der Waals surface area contributed by atoms with Gasteiger partial charge in [-0.3, -0.25) is 9.59 Å². The van der Waals surface area contributed by atoms with Gasteiger partial charge in [0.1, 0.15) is 0 Å². The first-order chi connectivity index (χ1) is 13.3. The second-order valence-corrected chi connectivity index (χ2v) is 8.01. The van der Waals surface area contributed by atoms with Crippen molar-refractivity contribution in [2.75, 3.05) is 25.0 Å². The van der Waals surface area contributed by atoms with E-state index < -0.39 is 15.9 Å². The van der Waals surface area contributed by atoms with Crippen molar-refractivity contribution in [1.29, 1.82) is 0 Å². The molecule has 8 nitrogen and oxygen atoms in total. The van der Waals surface area contributed by atoms with Crippen molar-refractivity contribution in [1.82, 2.24) is 9.62 Å². The average molecular weight is 407 g/mol. The number of rotatable bonds is 9. The molecule has 0 aliphatic heterocycles. The minimum atomic E-state index is -3.63. The van der Waals surface area contributed by atoms with Crippen LogP contribution in [-0.2, 0) is 14.8 Å². The maximum Gasteiger partial charge on any atom is 0.286 e. The monoisotopic (exact) mass is 407 g/mol. The molecule has 2 rings (SSSR count). The molecule has 152 valence electrons. The van der Waals surface area contributed by atoms with E-state index in [9.17, 15) is 18.0 Å². The molecule has 0 atom stereocenters.